The van der Waals surface area contributed by atoms with Crippen molar-refractivity contribution in [2.45, 2.75) is 32.1 Å². The Labute approximate surface area is 175 Å². The van der Waals surface area contributed by atoms with Crippen LogP contribution in [0.4, 0.5) is 0 Å². The molecule has 0 saturated carbocycles. The molecule has 150 valence electrons. The normalized spacial score (nSPS) is 15.2. The molecule has 1 unspecified atom stereocenters. The molecule has 1 fully saturated rings. The van der Waals surface area contributed by atoms with Crippen molar-refractivity contribution in [1.82, 2.24) is 14.9 Å². The van der Waals surface area contributed by atoms with Crippen LogP contribution in [0, 0.1) is 0 Å². The van der Waals surface area contributed by atoms with Gasteiger partial charge in [-0.3, -0.25) is 4.79 Å². The van der Waals surface area contributed by atoms with E-state index in [0.29, 0.717) is 17.5 Å². The fourth-order valence-corrected chi connectivity index (χ4v) is 4.14. The molecule has 6 heteroatoms. The van der Waals surface area contributed by atoms with Gasteiger partial charge in [0.15, 0.2) is 0 Å². The number of aryl methyl sites for hydroxylation is 1. The zero-order chi connectivity index (χ0) is 20.4. The van der Waals surface area contributed by atoms with Gasteiger partial charge >= 0.3 is 0 Å². The number of hydrogen-bond donors (Lipinski definition) is 1. The summed E-state index contributed by atoms with van der Waals surface area (Å²) in [7, 11) is 0. The van der Waals surface area contributed by atoms with Gasteiger partial charge in [0.2, 0.25) is 0 Å². The standard InChI is InChI=1S/C23H25ClN4O/c1-2-21-26-20(18-8-4-9-19(23(25)29)22(18)27-21)13-16(14-28-10-5-11-28)15-6-3-7-17(24)12-15/h3-4,6-9,12,16H,2,5,10-11,13-14H2,1H3,(H2,25,29). The summed E-state index contributed by atoms with van der Waals surface area (Å²) in [5.74, 6) is 0.526. The van der Waals surface area contributed by atoms with Gasteiger partial charge in [-0.05, 0) is 49.7 Å². The molecule has 5 nitrogen and oxygen atoms in total. The highest BCUT2D eigenvalue weighted by Crippen LogP contribution is 2.29. The van der Waals surface area contributed by atoms with E-state index < -0.39 is 5.91 Å². The van der Waals surface area contributed by atoms with Gasteiger partial charge in [0, 0.05) is 29.3 Å². The van der Waals surface area contributed by atoms with Crippen LogP contribution in [0.25, 0.3) is 10.9 Å². The first kappa shape index (κ1) is 19.8. The molecular formula is C23H25ClN4O. The largest absolute Gasteiger partial charge is 0.366 e. The number of aromatic nitrogens is 2. The first-order valence-electron chi connectivity index (χ1n) is 10.1. The van der Waals surface area contributed by atoms with Crippen LogP contribution in [-0.2, 0) is 12.8 Å². The molecule has 2 heterocycles. The van der Waals surface area contributed by atoms with Crippen molar-refractivity contribution < 1.29 is 4.79 Å². The molecule has 3 aromatic rings. The molecule has 4 rings (SSSR count). The van der Waals surface area contributed by atoms with E-state index in [2.05, 4.69) is 16.0 Å². The molecule has 1 aliphatic heterocycles. The number of hydrogen-bond acceptors (Lipinski definition) is 4. The number of nitrogens with zero attached hydrogens (tertiary/aromatic N) is 3. The summed E-state index contributed by atoms with van der Waals surface area (Å²) >= 11 is 6.28. The van der Waals surface area contributed by atoms with Crippen LogP contribution in [0.15, 0.2) is 42.5 Å². The third kappa shape index (κ3) is 4.26. The Morgan fingerprint density at radius 2 is 2.00 bits per heavy atom. The molecule has 1 aromatic heterocycles. The summed E-state index contributed by atoms with van der Waals surface area (Å²) in [5.41, 5.74) is 8.86. The van der Waals surface area contributed by atoms with Crippen LogP contribution in [-0.4, -0.2) is 40.4 Å². The number of benzene rings is 2. The van der Waals surface area contributed by atoms with E-state index >= 15 is 0 Å². The minimum Gasteiger partial charge on any atom is -0.366 e. The van der Waals surface area contributed by atoms with Gasteiger partial charge in [-0.15, -0.1) is 0 Å². The number of halogens is 1. The maximum absolute atomic E-state index is 11.9. The van der Waals surface area contributed by atoms with Crippen molar-refractivity contribution in [2.24, 2.45) is 5.73 Å². The molecule has 1 atom stereocenters. The molecule has 0 aliphatic carbocycles. The minimum atomic E-state index is -0.464. The number of amides is 1. The Bertz CT molecular complexity index is 1050. The van der Waals surface area contributed by atoms with E-state index in [-0.39, 0.29) is 5.92 Å². The van der Waals surface area contributed by atoms with Gasteiger partial charge in [0.1, 0.15) is 5.82 Å². The number of rotatable bonds is 7. The van der Waals surface area contributed by atoms with E-state index in [1.54, 1.807) is 6.07 Å². The topological polar surface area (TPSA) is 72.1 Å². The second-order valence-corrected chi connectivity index (χ2v) is 8.05. The Morgan fingerprint density at radius 3 is 2.66 bits per heavy atom. The lowest BCUT2D eigenvalue weighted by Crippen LogP contribution is -2.40. The third-order valence-corrected chi connectivity index (χ3v) is 5.86. The molecule has 2 aromatic carbocycles. The summed E-state index contributed by atoms with van der Waals surface area (Å²) in [6, 6.07) is 13.7. The first-order chi connectivity index (χ1) is 14.0. The van der Waals surface area contributed by atoms with Crippen LogP contribution in [0.2, 0.25) is 5.02 Å². The Hall–Kier alpha value is -2.50. The van der Waals surface area contributed by atoms with Crippen molar-refractivity contribution in [3.63, 3.8) is 0 Å². The lowest BCUT2D eigenvalue weighted by atomic mass is 9.91. The summed E-state index contributed by atoms with van der Waals surface area (Å²) in [5, 5.41) is 1.64. The molecule has 1 saturated heterocycles. The fraction of sp³-hybridized carbons (Fsp3) is 0.348. The SMILES string of the molecule is CCc1nc(CC(CN2CCC2)c2cccc(Cl)c2)c2cccc(C(N)=O)c2n1. The lowest BCUT2D eigenvalue weighted by Gasteiger charge is -2.34. The van der Waals surface area contributed by atoms with E-state index in [9.17, 15) is 4.79 Å². The molecule has 1 aliphatic rings. The summed E-state index contributed by atoms with van der Waals surface area (Å²) in [6.07, 6.45) is 2.70. The number of fused-ring (bicyclic) bond motifs is 1. The molecule has 29 heavy (non-hydrogen) atoms. The van der Waals surface area contributed by atoms with Crippen LogP contribution < -0.4 is 5.73 Å². The van der Waals surface area contributed by atoms with Gasteiger partial charge in [-0.25, -0.2) is 9.97 Å². The van der Waals surface area contributed by atoms with Gasteiger partial charge < -0.3 is 10.6 Å². The number of carbonyl (C=O) groups excluding carboxylic acids is 1. The second-order valence-electron chi connectivity index (χ2n) is 7.62. The number of likely N-dealkylation sites (tertiary alicyclic amines) is 1. The number of carbonyl (C=O) groups is 1. The maximum Gasteiger partial charge on any atom is 0.250 e. The lowest BCUT2D eigenvalue weighted by molar-refractivity contribution is 0.100. The van der Waals surface area contributed by atoms with Crippen molar-refractivity contribution in [2.75, 3.05) is 19.6 Å². The predicted molar refractivity (Wildman–Crippen MR) is 116 cm³/mol. The zero-order valence-electron chi connectivity index (χ0n) is 16.6. The Balaban J connectivity index is 1.78. The number of primary amides is 1. The average molecular weight is 409 g/mol. The highest BCUT2D eigenvalue weighted by molar-refractivity contribution is 6.30. The van der Waals surface area contributed by atoms with Gasteiger partial charge in [0.05, 0.1) is 16.8 Å². The number of para-hydroxylation sites is 1. The Morgan fingerprint density at radius 1 is 1.21 bits per heavy atom. The first-order valence-corrected chi connectivity index (χ1v) is 10.5. The van der Waals surface area contributed by atoms with Crippen molar-refractivity contribution >= 4 is 28.4 Å². The minimum absolute atomic E-state index is 0.258. The van der Waals surface area contributed by atoms with Gasteiger partial charge in [-0.1, -0.05) is 42.8 Å². The third-order valence-electron chi connectivity index (χ3n) is 5.62. The molecular weight excluding hydrogens is 384 g/mol. The Kier molecular flexibility index (Phi) is 5.79. The van der Waals surface area contributed by atoms with Crippen LogP contribution in [0.5, 0.6) is 0 Å². The van der Waals surface area contributed by atoms with Gasteiger partial charge in [0.25, 0.3) is 5.91 Å². The second kappa shape index (κ2) is 8.47. The molecule has 0 spiro atoms. The summed E-state index contributed by atoms with van der Waals surface area (Å²) in [6.45, 7) is 5.25. The number of nitrogens with two attached hydrogens (primary N) is 1. The van der Waals surface area contributed by atoms with Crippen LogP contribution in [0.3, 0.4) is 0 Å². The molecule has 0 radical (unpaired) electrons. The van der Waals surface area contributed by atoms with E-state index in [1.165, 1.54) is 12.0 Å². The van der Waals surface area contributed by atoms with Crippen molar-refractivity contribution in [1.29, 1.82) is 0 Å². The fourth-order valence-electron chi connectivity index (χ4n) is 3.94. The monoisotopic (exact) mass is 408 g/mol. The van der Waals surface area contributed by atoms with Crippen molar-refractivity contribution in [3.05, 3.63) is 70.1 Å². The van der Waals surface area contributed by atoms with E-state index in [0.717, 1.165) is 48.0 Å². The van der Waals surface area contributed by atoms with E-state index in [1.807, 2.05) is 37.3 Å². The predicted octanol–water partition coefficient (Wildman–Crippen LogP) is 3.98. The molecule has 2 N–H and O–H groups in total. The smallest absolute Gasteiger partial charge is 0.250 e. The summed E-state index contributed by atoms with van der Waals surface area (Å²) in [4.78, 5) is 23.9. The van der Waals surface area contributed by atoms with Crippen molar-refractivity contribution in [3.8, 4) is 0 Å². The summed E-state index contributed by atoms with van der Waals surface area (Å²) < 4.78 is 0. The van der Waals surface area contributed by atoms with Crippen LogP contribution in [0.1, 0.15) is 46.7 Å². The molecule has 1 amide bonds. The zero-order valence-corrected chi connectivity index (χ0v) is 17.3. The maximum atomic E-state index is 11.9. The molecule has 0 bridgehead atoms. The van der Waals surface area contributed by atoms with Crippen LogP contribution >= 0.6 is 11.6 Å². The quantitative estimate of drug-likeness (QED) is 0.641. The van der Waals surface area contributed by atoms with Gasteiger partial charge in [-0.2, -0.15) is 0 Å². The average Bonchev–Trinajstić information content (AvgIpc) is 2.68. The van der Waals surface area contributed by atoms with E-state index in [4.69, 9.17) is 22.3 Å². The highest BCUT2D eigenvalue weighted by atomic mass is 35.5. The highest BCUT2D eigenvalue weighted by Gasteiger charge is 2.23.